The fraction of sp³-hybridized carbons (Fsp3) is 0.625. The molecule has 2 N–H and O–H groups in total. The molecule has 1 heterocycles. The fourth-order valence-electron chi connectivity index (χ4n) is 2.97. The highest BCUT2D eigenvalue weighted by Crippen LogP contribution is 2.33. The molecule has 0 bridgehead atoms. The van der Waals surface area contributed by atoms with Gasteiger partial charge in [0.05, 0.1) is 12.6 Å². The van der Waals surface area contributed by atoms with Gasteiger partial charge in [-0.25, -0.2) is 0 Å². The predicted octanol–water partition coefficient (Wildman–Crippen LogP) is 3.47. The molecule has 20 heavy (non-hydrogen) atoms. The molecule has 0 aliphatic carbocycles. The summed E-state index contributed by atoms with van der Waals surface area (Å²) in [5.41, 5.74) is 2.55. The van der Waals surface area contributed by atoms with Crippen LogP contribution in [0.15, 0.2) is 22.7 Å². The highest BCUT2D eigenvalue weighted by molar-refractivity contribution is 9.10. The molecule has 0 radical (unpaired) electrons. The van der Waals surface area contributed by atoms with Crippen LogP contribution in [0.25, 0.3) is 0 Å². The second kappa shape index (κ2) is 7.43. The number of rotatable bonds is 4. The lowest BCUT2D eigenvalue weighted by atomic mass is 10.0. The van der Waals surface area contributed by atoms with Crippen LogP contribution in [-0.2, 0) is 0 Å². The van der Waals surface area contributed by atoms with Gasteiger partial charge in [0.15, 0.2) is 0 Å². The normalized spacial score (nSPS) is 21.6. The number of nitrogens with one attached hydrogen (secondary N) is 1. The van der Waals surface area contributed by atoms with E-state index in [0.29, 0.717) is 6.04 Å². The van der Waals surface area contributed by atoms with Crippen molar-refractivity contribution in [2.45, 2.75) is 44.7 Å². The predicted molar refractivity (Wildman–Crippen MR) is 88.3 cm³/mol. The van der Waals surface area contributed by atoms with Crippen LogP contribution < -0.4 is 10.2 Å². The van der Waals surface area contributed by atoms with Gasteiger partial charge in [0, 0.05) is 22.7 Å². The molecule has 1 aliphatic heterocycles. The van der Waals surface area contributed by atoms with E-state index < -0.39 is 0 Å². The van der Waals surface area contributed by atoms with Crippen molar-refractivity contribution in [1.29, 1.82) is 0 Å². The molecule has 3 nitrogen and oxygen atoms in total. The lowest BCUT2D eigenvalue weighted by Crippen LogP contribution is -2.38. The summed E-state index contributed by atoms with van der Waals surface area (Å²) >= 11 is 3.59. The number of hydrogen-bond acceptors (Lipinski definition) is 3. The van der Waals surface area contributed by atoms with Crippen LogP contribution in [0.5, 0.6) is 0 Å². The molecule has 1 aromatic carbocycles. The topological polar surface area (TPSA) is 35.5 Å². The molecular formula is C16H25BrN2O. The van der Waals surface area contributed by atoms with Crippen molar-refractivity contribution in [1.82, 2.24) is 5.32 Å². The van der Waals surface area contributed by atoms with E-state index in [9.17, 15) is 5.11 Å². The first kappa shape index (κ1) is 15.8. The van der Waals surface area contributed by atoms with Crippen LogP contribution in [0.2, 0.25) is 0 Å². The Bertz CT molecular complexity index is 438. The van der Waals surface area contributed by atoms with Gasteiger partial charge < -0.3 is 15.3 Å². The van der Waals surface area contributed by atoms with Gasteiger partial charge in [-0.15, -0.1) is 0 Å². The number of benzene rings is 1. The minimum atomic E-state index is 0.236. The quantitative estimate of drug-likeness (QED) is 0.880. The van der Waals surface area contributed by atoms with Gasteiger partial charge in [0.1, 0.15) is 0 Å². The zero-order chi connectivity index (χ0) is 14.5. The number of aliphatic hydroxyl groups is 1. The summed E-state index contributed by atoms with van der Waals surface area (Å²) in [4.78, 5) is 2.40. The van der Waals surface area contributed by atoms with Gasteiger partial charge >= 0.3 is 0 Å². The Morgan fingerprint density at radius 3 is 2.90 bits per heavy atom. The van der Waals surface area contributed by atoms with Crippen LogP contribution in [0.4, 0.5) is 5.69 Å². The van der Waals surface area contributed by atoms with E-state index >= 15 is 0 Å². The molecule has 0 saturated carbocycles. The van der Waals surface area contributed by atoms with Crippen LogP contribution in [-0.4, -0.2) is 31.3 Å². The molecule has 2 rings (SSSR count). The zero-order valence-corrected chi connectivity index (χ0v) is 14.0. The molecule has 2 unspecified atom stereocenters. The van der Waals surface area contributed by atoms with Gasteiger partial charge in [0.2, 0.25) is 0 Å². The summed E-state index contributed by atoms with van der Waals surface area (Å²) in [5.74, 6) is 0. The van der Waals surface area contributed by atoms with Crippen molar-refractivity contribution in [3.05, 3.63) is 28.2 Å². The standard InChI is InChI=1S/C16H25BrN2O/c1-12(18-2)15-8-7-13(17)10-16(15)19-9-5-3-4-6-14(19)11-20/h7-8,10,12,14,18,20H,3-6,9,11H2,1-2H3. The molecule has 0 amide bonds. The highest BCUT2D eigenvalue weighted by atomic mass is 79.9. The molecule has 4 heteroatoms. The Hall–Kier alpha value is -0.580. The van der Waals surface area contributed by atoms with Gasteiger partial charge in [-0.2, -0.15) is 0 Å². The Morgan fingerprint density at radius 1 is 1.40 bits per heavy atom. The summed E-state index contributed by atoms with van der Waals surface area (Å²) < 4.78 is 1.10. The van der Waals surface area contributed by atoms with Gasteiger partial charge in [0.25, 0.3) is 0 Å². The van der Waals surface area contributed by atoms with E-state index in [4.69, 9.17) is 0 Å². The number of hydrogen-bond donors (Lipinski definition) is 2. The maximum Gasteiger partial charge on any atom is 0.0635 e. The smallest absolute Gasteiger partial charge is 0.0635 e. The summed E-state index contributed by atoms with van der Waals surface area (Å²) in [6, 6.07) is 7.02. The van der Waals surface area contributed by atoms with Crippen LogP contribution in [0, 0.1) is 0 Å². The third-order valence-electron chi connectivity index (χ3n) is 4.29. The van der Waals surface area contributed by atoms with Crippen molar-refractivity contribution >= 4 is 21.6 Å². The van der Waals surface area contributed by atoms with E-state index in [1.165, 1.54) is 30.5 Å². The first-order chi connectivity index (χ1) is 9.67. The van der Waals surface area contributed by atoms with Crippen molar-refractivity contribution in [2.75, 3.05) is 25.1 Å². The maximum atomic E-state index is 9.73. The molecule has 1 saturated heterocycles. The van der Waals surface area contributed by atoms with E-state index in [1.54, 1.807) is 0 Å². The monoisotopic (exact) mass is 340 g/mol. The first-order valence-electron chi connectivity index (χ1n) is 7.51. The number of aliphatic hydroxyl groups excluding tert-OH is 1. The summed E-state index contributed by atoms with van der Waals surface area (Å²) in [5, 5.41) is 13.1. The summed E-state index contributed by atoms with van der Waals surface area (Å²) in [7, 11) is 1.99. The number of nitrogens with zero attached hydrogens (tertiary/aromatic N) is 1. The van der Waals surface area contributed by atoms with Gasteiger partial charge in [-0.3, -0.25) is 0 Å². The third-order valence-corrected chi connectivity index (χ3v) is 4.78. The molecule has 1 aliphatic rings. The largest absolute Gasteiger partial charge is 0.394 e. The maximum absolute atomic E-state index is 9.73. The molecule has 0 aromatic heterocycles. The Kier molecular flexibility index (Phi) is 5.87. The van der Waals surface area contributed by atoms with Crippen molar-refractivity contribution < 1.29 is 5.11 Å². The van der Waals surface area contributed by atoms with E-state index in [-0.39, 0.29) is 12.6 Å². The Balaban J connectivity index is 2.39. The zero-order valence-electron chi connectivity index (χ0n) is 12.4. The SMILES string of the molecule is CNC(C)c1ccc(Br)cc1N1CCCCCC1CO. The molecular weight excluding hydrogens is 316 g/mol. The minimum Gasteiger partial charge on any atom is -0.394 e. The van der Waals surface area contributed by atoms with E-state index in [0.717, 1.165) is 17.4 Å². The minimum absolute atomic E-state index is 0.236. The molecule has 2 atom stereocenters. The lowest BCUT2D eigenvalue weighted by Gasteiger charge is -2.34. The second-order valence-corrected chi connectivity index (χ2v) is 6.51. The average molecular weight is 341 g/mol. The highest BCUT2D eigenvalue weighted by Gasteiger charge is 2.24. The number of anilines is 1. The van der Waals surface area contributed by atoms with Crippen molar-refractivity contribution in [3.8, 4) is 0 Å². The van der Waals surface area contributed by atoms with Crippen LogP contribution >= 0.6 is 15.9 Å². The first-order valence-corrected chi connectivity index (χ1v) is 8.31. The third kappa shape index (κ3) is 3.54. The van der Waals surface area contributed by atoms with Crippen LogP contribution in [0.1, 0.15) is 44.2 Å². The second-order valence-electron chi connectivity index (χ2n) is 5.59. The number of halogens is 1. The molecule has 1 aromatic rings. The van der Waals surface area contributed by atoms with Crippen molar-refractivity contribution in [3.63, 3.8) is 0 Å². The molecule has 1 fully saturated rings. The van der Waals surface area contributed by atoms with Crippen LogP contribution in [0.3, 0.4) is 0 Å². The molecule has 0 spiro atoms. The fourth-order valence-corrected chi connectivity index (χ4v) is 3.32. The Morgan fingerprint density at radius 2 is 2.20 bits per heavy atom. The van der Waals surface area contributed by atoms with Crippen molar-refractivity contribution in [2.24, 2.45) is 0 Å². The van der Waals surface area contributed by atoms with E-state index in [1.807, 2.05) is 7.05 Å². The summed E-state index contributed by atoms with van der Waals surface area (Å²) in [6.45, 7) is 3.45. The summed E-state index contributed by atoms with van der Waals surface area (Å²) in [6.07, 6.45) is 4.76. The average Bonchev–Trinajstić information content (AvgIpc) is 2.71. The lowest BCUT2D eigenvalue weighted by molar-refractivity contribution is 0.255. The van der Waals surface area contributed by atoms with Gasteiger partial charge in [-0.05, 0) is 44.5 Å². The molecule has 112 valence electrons. The van der Waals surface area contributed by atoms with Gasteiger partial charge in [-0.1, -0.05) is 34.8 Å². The Labute approximate surface area is 130 Å². The van der Waals surface area contributed by atoms with E-state index in [2.05, 4.69) is 51.3 Å².